The summed E-state index contributed by atoms with van der Waals surface area (Å²) in [5.41, 5.74) is 2.38. The summed E-state index contributed by atoms with van der Waals surface area (Å²) in [7, 11) is 0. The standard InChI is InChI=1S/C37H41ClN2O7/c1-25(45-36(42)46-29-9-3-2-4-10-29)44-35(41)31-11-5-13-33-32(31)24-26(30-12-6-20-39-34(30)47-33)8-7-21-40-22-18-37(43,19-23-40)27-14-16-28(38)17-15-27/h5-6,8,11-17,20,24-25,29,31,43H,2-4,7,9-10,18-19,21-23H2,1H3. The number of rotatable bonds is 8. The average Bonchev–Trinajstić information content (AvgIpc) is 3.23. The Balaban J connectivity index is 1.11. The number of fused-ring (bicyclic) bond motifs is 2. The molecule has 47 heavy (non-hydrogen) atoms. The maximum Gasteiger partial charge on any atom is 0.511 e. The maximum atomic E-state index is 13.4. The smallest absolute Gasteiger partial charge is 0.438 e. The van der Waals surface area contributed by atoms with Crippen LogP contribution in [0.1, 0.15) is 69.4 Å². The highest BCUT2D eigenvalue weighted by molar-refractivity contribution is 6.30. The van der Waals surface area contributed by atoms with E-state index in [0.29, 0.717) is 35.1 Å². The van der Waals surface area contributed by atoms with Gasteiger partial charge in [0.05, 0.1) is 5.60 Å². The van der Waals surface area contributed by atoms with Crippen molar-refractivity contribution in [3.63, 3.8) is 0 Å². The van der Waals surface area contributed by atoms with Crippen LogP contribution in [0.2, 0.25) is 5.02 Å². The number of halogens is 1. The molecule has 2 aliphatic heterocycles. The molecule has 0 radical (unpaired) electrons. The van der Waals surface area contributed by atoms with Crippen LogP contribution in [-0.4, -0.2) is 59.1 Å². The molecule has 9 nitrogen and oxygen atoms in total. The minimum Gasteiger partial charge on any atom is -0.438 e. The minimum atomic E-state index is -1.12. The van der Waals surface area contributed by atoms with Crippen LogP contribution < -0.4 is 4.74 Å². The van der Waals surface area contributed by atoms with Gasteiger partial charge in [0, 0.05) is 48.9 Å². The Morgan fingerprint density at radius 1 is 1.13 bits per heavy atom. The fraction of sp³-hybridized carbons (Fsp3) is 0.432. The molecule has 1 aromatic carbocycles. The first-order valence-corrected chi connectivity index (χ1v) is 16.9. The third kappa shape index (κ3) is 8.15. The van der Waals surface area contributed by atoms with Gasteiger partial charge in [-0.15, -0.1) is 0 Å². The fourth-order valence-corrected chi connectivity index (χ4v) is 6.74. The molecule has 0 amide bonds. The number of piperidine rings is 1. The lowest BCUT2D eigenvalue weighted by molar-refractivity contribution is -0.171. The first kappa shape index (κ1) is 33.0. The number of benzene rings is 1. The summed E-state index contributed by atoms with van der Waals surface area (Å²) < 4.78 is 22.5. The summed E-state index contributed by atoms with van der Waals surface area (Å²) >= 11 is 6.05. The lowest BCUT2D eigenvalue weighted by atomic mass is 9.84. The highest BCUT2D eigenvalue weighted by Gasteiger charge is 2.35. The van der Waals surface area contributed by atoms with Gasteiger partial charge in [0.1, 0.15) is 17.8 Å². The second-order valence-electron chi connectivity index (χ2n) is 12.5. The molecular formula is C37H41ClN2O7. The van der Waals surface area contributed by atoms with E-state index in [2.05, 4.69) is 16.0 Å². The lowest BCUT2D eigenvalue weighted by Crippen LogP contribution is -2.42. The summed E-state index contributed by atoms with van der Waals surface area (Å²) in [4.78, 5) is 32.6. The molecule has 0 spiro atoms. The van der Waals surface area contributed by atoms with Gasteiger partial charge in [-0.05, 0) is 92.5 Å². The Morgan fingerprint density at radius 3 is 2.66 bits per heavy atom. The maximum absolute atomic E-state index is 13.4. The molecular weight excluding hydrogens is 620 g/mol. The van der Waals surface area contributed by atoms with E-state index in [4.69, 9.17) is 30.5 Å². The Hall–Kier alpha value is -3.92. The number of pyridine rings is 1. The monoisotopic (exact) mass is 660 g/mol. The molecule has 0 bridgehead atoms. The summed E-state index contributed by atoms with van der Waals surface area (Å²) in [6.07, 6.45) is 15.8. The minimum absolute atomic E-state index is 0.158. The van der Waals surface area contributed by atoms with Crippen LogP contribution in [0, 0.1) is 5.92 Å². The van der Waals surface area contributed by atoms with Crippen molar-refractivity contribution < 1.29 is 33.6 Å². The molecule has 1 saturated heterocycles. The third-order valence-corrected chi connectivity index (χ3v) is 9.51. The van der Waals surface area contributed by atoms with E-state index in [1.54, 1.807) is 24.4 Å². The molecule has 1 aromatic heterocycles. The zero-order chi connectivity index (χ0) is 32.8. The summed E-state index contributed by atoms with van der Waals surface area (Å²) in [5, 5.41) is 11.9. The van der Waals surface area contributed by atoms with E-state index in [0.717, 1.165) is 74.9 Å². The number of nitrogens with zero attached hydrogens (tertiary/aromatic N) is 2. The predicted molar refractivity (Wildman–Crippen MR) is 177 cm³/mol. The Bertz CT molecular complexity index is 1570. The number of carbonyl (C=O) groups is 2. The van der Waals surface area contributed by atoms with E-state index in [1.165, 1.54) is 6.92 Å². The summed E-state index contributed by atoms with van der Waals surface area (Å²) in [5.74, 6) is -0.396. The van der Waals surface area contributed by atoms with Crippen LogP contribution in [0.5, 0.6) is 5.88 Å². The number of hydrogen-bond acceptors (Lipinski definition) is 9. The van der Waals surface area contributed by atoms with Crippen molar-refractivity contribution in [1.29, 1.82) is 0 Å². The Labute approximate surface area is 280 Å². The number of carbonyl (C=O) groups excluding carboxylic acids is 2. The first-order valence-electron chi connectivity index (χ1n) is 16.5. The molecule has 6 rings (SSSR count). The molecule has 248 valence electrons. The third-order valence-electron chi connectivity index (χ3n) is 9.26. The molecule has 4 aliphatic rings. The van der Waals surface area contributed by atoms with Gasteiger partial charge in [-0.1, -0.05) is 48.4 Å². The first-order chi connectivity index (χ1) is 22.8. The SMILES string of the molecule is CC(OC(=O)OC1CCCCC1)OC(=O)C1C=CC=C2Oc3ncccc3C(=CCCN3CCC(O)(c4ccc(Cl)cc4)CC3)C=C21. The zero-order valence-electron chi connectivity index (χ0n) is 26.6. The second kappa shape index (κ2) is 14.9. The second-order valence-corrected chi connectivity index (χ2v) is 13.0. The van der Waals surface area contributed by atoms with E-state index in [-0.39, 0.29) is 6.10 Å². The van der Waals surface area contributed by atoms with Crippen LogP contribution in [-0.2, 0) is 24.6 Å². The number of likely N-dealkylation sites (tertiary alicyclic amines) is 1. The van der Waals surface area contributed by atoms with Gasteiger partial charge in [-0.3, -0.25) is 4.79 Å². The number of esters is 1. The molecule has 2 fully saturated rings. The molecule has 2 unspecified atom stereocenters. The van der Waals surface area contributed by atoms with Gasteiger partial charge >= 0.3 is 12.1 Å². The Kier molecular flexibility index (Phi) is 10.4. The fourth-order valence-electron chi connectivity index (χ4n) is 6.62. The van der Waals surface area contributed by atoms with E-state index in [9.17, 15) is 14.7 Å². The van der Waals surface area contributed by atoms with Crippen molar-refractivity contribution >= 4 is 29.3 Å². The van der Waals surface area contributed by atoms with Crippen LogP contribution in [0.25, 0.3) is 5.57 Å². The van der Waals surface area contributed by atoms with E-state index >= 15 is 0 Å². The van der Waals surface area contributed by atoms with Gasteiger partial charge < -0.3 is 29.0 Å². The molecule has 1 saturated carbocycles. The van der Waals surface area contributed by atoms with Crippen molar-refractivity contribution in [3.8, 4) is 5.88 Å². The molecule has 2 aliphatic carbocycles. The quantitative estimate of drug-likeness (QED) is 0.231. The predicted octanol–water partition coefficient (Wildman–Crippen LogP) is 7.26. The molecule has 10 heteroatoms. The highest BCUT2D eigenvalue weighted by Crippen LogP contribution is 2.39. The molecule has 3 heterocycles. The van der Waals surface area contributed by atoms with Gasteiger partial charge in [0.25, 0.3) is 0 Å². The van der Waals surface area contributed by atoms with Crippen molar-refractivity contribution in [1.82, 2.24) is 9.88 Å². The van der Waals surface area contributed by atoms with Gasteiger partial charge in [-0.25, -0.2) is 9.78 Å². The normalized spacial score (nSPS) is 22.4. The highest BCUT2D eigenvalue weighted by atomic mass is 35.5. The van der Waals surface area contributed by atoms with E-state index in [1.807, 2.05) is 42.5 Å². The van der Waals surface area contributed by atoms with Gasteiger partial charge in [0.15, 0.2) is 0 Å². The lowest BCUT2D eigenvalue weighted by Gasteiger charge is -2.38. The zero-order valence-corrected chi connectivity index (χ0v) is 27.4. The number of ether oxygens (including phenoxy) is 4. The van der Waals surface area contributed by atoms with Crippen molar-refractivity contribution in [2.24, 2.45) is 5.92 Å². The van der Waals surface area contributed by atoms with E-state index < -0.39 is 29.9 Å². The van der Waals surface area contributed by atoms with Gasteiger partial charge in [0.2, 0.25) is 12.2 Å². The number of aromatic nitrogens is 1. The van der Waals surface area contributed by atoms with Crippen molar-refractivity contribution in [3.05, 3.63) is 100 Å². The van der Waals surface area contributed by atoms with Crippen LogP contribution in [0.3, 0.4) is 0 Å². The molecule has 2 aromatic rings. The number of aliphatic hydroxyl groups is 1. The van der Waals surface area contributed by atoms with Gasteiger partial charge in [-0.2, -0.15) is 0 Å². The Morgan fingerprint density at radius 2 is 1.89 bits per heavy atom. The largest absolute Gasteiger partial charge is 0.511 e. The average molecular weight is 661 g/mol. The van der Waals surface area contributed by atoms with Crippen LogP contribution in [0.15, 0.2) is 84.3 Å². The number of hydrogen-bond donors (Lipinski definition) is 1. The number of allylic oxidation sites excluding steroid dienone is 5. The topological polar surface area (TPSA) is 107 Å². The molecule has 2 atom stereocenters. The summed E-state index contributed by atoms with van der Waals surface area (Å²) in [6.45, 7) is 3.85. The van der Waals surface area contributed by atoms with Crippen LogP contribution in [0.4, 0.5) is 4.79 Å². The van der Waals surface area contributed by atoms with Crippen LogP contribution >= 0.6 is 11.6 Å². The molecule has 1 N–H and O–H groups in total. The summed E-state index contributed by atoms with van der Waals surface area (Å²) in [6, 6.07) is 11.3. The van der Waals surface area contributed by atoms with Crippen molar-refractivity contribution in [2.75, 3.05) is 19.6 Å². The van der Waals surface area contributed by atoms with Crippen molar-refractivity contribution in [2.45, 2.75) is 76.3 Å².